The number of ketones is 1. The van der Waals surface area contributed by atoms with Crippen LogP contribution in [0.3, 0.4) is 0 Å². The summed E-state index contributed by atoms with van der Waals surface area (Å²) < 4.78 is 6.05. The second-order valence-corrected chi connectivity index (χ2v) is 6.00. The van der Waals surface area contributed by atoms with E-state index in [4.69, 9.17) is 4.74 Å². The van der Waals surface area contributed by atoms with Gasteiger partial charge in [-0.3, -0.25) is 14.4 Å². The van der Waals surface area contributed by atoms with Crippen molar-refractivity contribution in [1.29, 1.82) is 0 Å². The first-order valence-electron chi connectivity index (χ1n) is 7.44. The molecular weight excluding hydrogens is 300 g/mol. The Bertz CT molecular complexity index is 704. The molecule has 0 aromatic heterocycles. The van der Waals surface area contributed by atoms with Crippen LogP contribution in [0, 0.1) is 4.91 Å². The lowest BCUT2D eigenvalue weighted by molar-refractivity contribution is -0.132. The summed E-state index contributed by atoms with van der Waals surface area (Å²) in [6, 6.07) is 4.32. The van der Waals surface area contributed by atoms with Crippen LogP contribution in [0.25, 0.3) is 0 Å². The molecule has 3 rings (SSSR count). The Hall–Kier alpha value is -2.57. The topological polar surface area (TPSA) is 93.1 Å². The van der Waals surface area contributed by atoms with Crippen molar-refractivity contribution in [2.45, 2.75) is 31.8 Å². The van der Waals surface area contributed by atoms with Gasteiger partial charge in [-0.15, -0.1) is 4.91 Å². The molecule has 0 radical (unpaired) electrons. The number of benzene rings is 1. The van der Waals surface area contributed by atoms with E-state index in [1.165, 1.54) is 25.1 Å². The van der Waals surface area contributed by atoms with Crippen molar-refractivity contribution in [2.75, 3.05) is 13.1 Å². The highest BCUT2D eigenvalue weighted by Gasteiger charge is 2.43. The van der Waals surface area contributed by atoms with Crippen LogP contribution < -0.4 is 4.74 Å². The van der Waals surface area contributed by atoms with Gasteiger partial charge in [-0.05, 0) is 18.2 Å². The number of rotatable bonds is 1. The number of amides is 2. The molecule has 0 N–H and O–H groups in total. The summed E-state index contributed by atoms with van der Waals surface area (Å²) >= 11 is 0. The molecule has 1 aromatic rings. The Balaban J connectivity index is 1.85. The molecule has 7 nitrogen and oxygen atoms in total. The number of piperidine rings is 1. The van der Waals surface area contributed by atoms with Gasteiger partial charge < -0.3 is 9.64 Å². The summed E-state index contributed by atoms with van der Waals surface area (Å²) in [5.41, 5.74) is -0.207. The van der Waals surface area contributed by atoms with Gasteiger partial charge in [-0.1, -0.05) is 0 Å². The van der Waals surface area contributed by atoms with E-state index in [0.29, 0.717) is 37.2 Å². The molecule has 0 unspecified atom stereocenters. The molecule has 1 aromatic carbocycles. The molecule has 0 atom stereocenters. The fourth-order valence-corrected chi connectivity index (χ4v) is 3.19. The molecule has 120 valence electrons. The van der Waals surface area contributed by atoms with Crippen LogP contribution in [0.5, 0.6) is 5.75 Å². The maximum absolute atomic E-state index is 12.5. The Morgan fingerprint density at radius 2 is 1.96 bits per heavy atom. The van der Waals surface area contributed by atoms with E-state index in [0.717, 1.165) is 0 Å². The first-order chi connectivity index (χ1) is 10.9. The van der Waals surface area contributed by atoms with Gasteiger partial charge >= 0.3 is 5.91 Å². The molecule has 1 fully saturated rings. The van der Waals surface area contributed by atoms with E-state index in [1.54, 1.807) is 4.90 Å². The van der Waals surface area contributed by atoms with Gasteiger partial charge in [0.1, 0.15) is 11.4 Å². The summed E-state index contributed by atoms with van der Waals surface area (Å²) in [6.07, 6.45) is 1.39. The second-order valence-electron chi connectivity index (χ2n) is 6.00. The lowest BCUT2D eigenvalue weighted by atomic mass is 9.82. The summed E-state index contributed by atoms with van der Waals surface area (Å²) in [7, 11) is 0. The zero-order valence-electron chi connectivity index (χ0n) is 12.7. The van der Waals surface area contributed by atoms with E-state index >= 15 is 0 Å². The third kappa shape index (κ3) is 2.74. The normalized spacial score (nSPS) is 19.0. The zero-order valence-corrected chi connectivity index (χ0v) is 12.7. The highest BCUT2D eigenvalue weighted by atomic mass is 16.5. The van der Waals surface area contributed by atoms with Gasteiger partial charge in [0.15, 0.2) is 5.78 Å². The molecule has 0 saturated carbocycles. The number of hydrogen-bond donors (Lipinski definition) is 0. The maximum atomic E-state index is 12.5. The van der Waals surface area contributed by atoms with E-state index in [9.17, 15) is 19.3 Å². The molecule has 2 amide bonds. The van der Waals surface area contributed by atoms with Gasteiger partial charge in [-0.2, -0.15) is 0 Å². The number of likely N-dealkylation sites (tertiary alicyclic amines) is 1. The number of hydrogen-bond acceptors (Lipinski definition) is 5. The number of carbonyl (C=O) groups excluding carboxylic acids is 3. The lowest BCUT2D eigenvalue weighted by Crippen LogP contribution is -2.51. The minimum atomic E-state index is -0.907. The zero-order chi connectivity index (χ0) is 16.6. The highest BCUT2D eigenvalue weighted by molar-refractivity contribution is 6.03. The van der Waals surface area contributed by atoms with Crippen molar-refractivity contribution in [3.63, 3.8) is 0 Å². The van der Waals surface area contributed by atoms with Crippen molar-refractivity contribution in [1.82, 2.24) is 4.90 Å². The molecule has 0 aliphatic carbocycles. The van der Waals surface area contributed by atoms with Gasteiger partial charge in [0, 0.05) is 43.6 Å². The molecule has 0 bridgehead atoms. The van der Waals surface area contributed by atoms with Crippen LogP contribution in [-0.2, 0) is 4.79 Å². The van der Waals surface area contributed by atoms with E-state index in [2.05, 4.69) is 5.18 Å². The van der Waals surface area contributed by atoms with Crippen molar-refractivity contribution in [3.8, 4) is 5.75 Å². The fraction of sp³-hybridized carbons (Fsp3) is 0.438. The average molecular weight is 316 g/mol. The Kier molecular flexibility index (Phi) is 3.71. The third-order valence-corrected chi connectivity index (χ3v) is 4.54. The third-order valence-electron chi connectivity index (χ3n) is 4.54. The predicted octanol–water partition coefficient (Wildman–Crippen LogP) is 1.94. The van der Waals surface area contributed by atoms with Gasteiger partial charge in [0.2, 0.25) is 5.91 Å². The van der Waals surface area contributed by atoms with Gasteiger partial charge in [-0.25, -0.2) is 0 Å². The van der Waals surface area contributed by atoms with Crippen LogP contribution in [0.15, 0.2) is 23.4 Å². The standard InChI is InChI=1S/C16H16N2O5/c1-10(19)18-6-4-16(5-7-18)9-13(20)12-8-11(15(21)17-22)2-3-14(12)23-16/h2-3,8H,4-7,9H2,1H3. The van der Waals surface area contributed by atoms with Crippen molar-refractivity contribution >= 4 is 17.6 Å². The summed E-state index contributed by atoms with van der Waals surface area (Å²) in [5.74, 6) is -0.592. The molecule has 1 saturated heterocycles. The molecule has 7 heteroatoms. The minimum absolute atomic E-state index is 0.0203. The first kappa shape index (κ1) is 15.3. The summed E-state index contributed by atoms with van der Waals surface area (Å²) in [4.78, 5) is 47.3. The quantitative estimate of drug-likeness (QED) is 0.738. The molecule has 2 aliphatic rings. The Labute approximate surface area is 132 Å². The average Bonchev–Trinajstić information content (AvgIpc) is 2.54. The number of nitrogens with zero attached hydrogens (tertiary/aromatic N) is 2. The number of Topliss-reactive ketones (excluding diaryl/α,β-unsaturated/α-hetero) is 1. The van der Waals surface area contributed by atoms with Crippen LogP contribution in [0.2, 0.25) is 0 Å². The highest BCUT2D eigenvalue weighted by Crippen LogP contribution is 2.39. The number of fused-ring (bicyclic) bond motifs is 1. The maximum Gasteiger partial charge on any atom is 0.316 e. The van der Waals surface area contributed by atoms with E-state index in [-0.39, 0.29) is 23.7 Å². The lowest BCUT2D eigenvalue weighted by Gasteiger charge is -2.43. The number of ether oxygens (including phenoxy) is 1. The molecule has 23 heavy (non-hydrogen) atoms. The molecule has 2 heterocycles. The smallest absolute Gasteiger partial charge is 0.316 e. The second kappa shape index (κ2) is 5.57. The summed E-state index contributed by atoms with van der Waals surface area (Å²) in [6.45, 7) is 2.65. The fourth-order valence-electron chi connectivity index (χ4n) is 3.19. The minimum Gasteiger partial charge on any atom is -0.486 e. The monoisotopic (exact) mass is 316 g/mol. The van der Waals surface area contributed by atoms with Crippen molar-refractivity contribution in [3.05, 3.63) is 34.2 Å². The van der Waals surface area contributed by atoms with E-state index < -0.39 is 11.5 Å². The van der Waals surface area contributed by atoms with Crippen LogP contribution >= 0.6 is 0 Å². The molecule has 1 spiro atoms. The van der Waals surface area contributed by atoms with Crippen LogP contribution in [0.1, 0.15) is 46.9 Å². The Morgan fingerprint density at radius 1 is 1.26 bits per heavy atom. The summed E-state index contributed by atoms with van der Waals surface area (Å²) in [5, 5.41) is 2.36. The molecule has 2 aliphatic heterocycles. The Morgan fingerprint density at radius 3 is 2.57 bits per heavy atom. The van der Waals surface area contributed by atoms with Crippen molar-refractivity contribution in [2.24, 2.45) is 5.18 Å². The molecular formula is C16H16N2O5. The van der Waals surface area contributed by atoms with E-state index in [1.807, 2.05) is 0 Å². The number of carbonyl (C=O) groups is 3. The largest absolute Gasteiger partial charge is 0.486 e. The predicted molar refractivity (Wildman–Crippen MR) is 80.4 cm³/mol. The first-order valence-corrected chi connectivity index (χ1v) is 7.44. The SMILES string of the molecule is CC(=O)N1CCC2(CC1)CC(=O)c1cc(C(=O)N=O)ccc1O2. The van der Waals surface area contributed by atoms with Gasteiger partial charge in [0.25, 0.3) is 0 Å². The van der Waals surface area contributed by atoms with Crippen LogP contribution in [0.4, 0.5) is 0 Å². The number of nitroso groups, excluding NO2 is 1. The van der Waals surface area contributed by atoms with Crippen LogP contribution in [-0.4, -0.2) is 41.2 Å². The van der Waals surface area contributed by atoms with Gasteiger partial charge in [0.05, 0.1) is 12.0 Å². The van der Waals surface area contributed by atoms with Crippen molar-refractivity contribution < 1.29 is 19.1 Å².